The van der Waals surface area contributed by atoms with Gasteiger partial charge < -0.3 is 4.42 Å². The molecule has 1 aliphatic rings. The van der Waals surface area contributed by atoms with E-state index in [0.717, 1.165) is 0 Å². The number of carbonyl (C=O) groups is 1. The molecule has 0 unspecified atom stereocenters. The summed E-state index contributed by atoms with van der Waals surface area (Å²) in [7, 11) is 0. The first-order valence-corrected chi connectivity index (χ1v) is 5.82. The molecule has 0 bridgehead atoms. The molecule has 3 aromatic rings. The smallest absolute Gasteiger partial charge is 0.345 e. The Morgan fingerprint density at radius 3 is 2.58 bits per heavy atom. The van der Waals surface area contributed by atoms with Gasteiger partial charge in [0.15, 0.2) is 11.5 Å². The summed E-state index contributed by atoms with van der Waals surface area (Å²) in [6.45, 7) is 0. The SMILES string of the molecule is O=C1c2ccccc2-c2oc(=O)c3cnccc3c21. The van der Waals surface area contributed by atoms with Crippen molar-refractivity contribution in [1.82, 2.24) is 4.98 Å². The van der Waals surface area contributed by atoms with Gasteiger partial charge in [0.25, 0.3) is 0 Å². The van der Waals surface area contributed by atoms with Gasteiger partial charge in [-0.25, -0.2) is 4.79 Å². The van der Waals surface area contributed by atoms with Crippen LogP contribution in [0.5, 0.6) is 0 Å². The van der Waals surface area contributed by atoms with Gasteiger partial charge in [-0.1, -0.05) is 24.3 Å². The van der Waals surface area contributed by atoms with E-state index in [2.05, 4.69) is 4.98 Å². The molecule has 0 saturated heterocycles. The van der Waals surface area contributed by atoms with E-state index in [0.29, 0.717) is 33.2 Å². The highest BCUT2D eigenvalue weighted by atomic mass is 16.4. The van der Waals surface area contributed by atoms with Gasteiger partial charge in [-0.15, -0.1) is 0 Å². The molecule has 0 atom stereocenters. The van der Waals surface area contributed by atoms with Crippen molar-refractivity contribution in [3.05, 3.63) is 64.3 Å². The number of hydrogen-bond donors (Lipinski definition) is 0. The van der Waals surface area contributed by atoms with Crippen molar-refractivity contribution in [1.29, 1.82) is 0 Å². The van der Waals surface area contributed by atoms with Crippen LogP contribution in [0.2, 0.25) is 0 Å². The zero-order chi connectivity index (χ0) is 13.0. The van der Waals surface area contributed by atoms with Gasteiger partial charge in [0.1, 0.15) is 0 Å². The van der Waals surface area contributed by atoms with Crippen LogP contribution in [0.15, 0.2) is 51.9 Å². The third kappa shape index (κ3) is 1.20. The number of fused-ring (bicyclic) bond motifs is 5. The Kier molecular flexibility index (Phi) is 1.82. The maximum absolute atomic E-state index is 12.4. The van der Waals surface area contributed by atoms with Crippen molar-refractivity contribution >= 4 is 16.6 Å². The van der Waals surface area contributed by atoms with Crippen LogP contribution in [-0.4, -0.2) is 10.8 Å². The fraction of sp³-hybridized carbons (Fsp3) is 0. The molecule has 0 N–H and O–H groups in total. The summed E-state index contributed by atoms with van der Waals surface area (Å²) in [4.78, 5) is 28.3. The van der Waals surface area contributed by atoms with Crippen molar-refractivity contribution in [2.24, 2.45) is 0 Å². The van der Waals surface area contributed by atoms with E-state index < -0.39 is 5.63 Å². The summed E-state index contributed by atoms with van der Waals surface area (Å²) in [5.41, 5.74) is 1.24. The number of benzene rings is 1. The van der Waals surface area contributed by atoms with Gasteiger partial charge >= 0.3 is 5.63 Å². The zero-order valence-electron chi connectivity index (χ0n) is 9.71. The largest absolute Gasteiger partial charge is 0.421 e. The Labute approximate surface area is 107 Å². The molecule has 19 heavy (non-hydrogen) atoms. The molecule has 4 rings (SSSR count). The van der Waals surface area contributed by atoms with E-state index in [-0.39, 0.29) is 5.78 Å². The molecule has 1 aliphatic carbocycles. The molecule has 0 radical (unpaired) electrons. The van der Waals surface area contributed by atoms with Crippen LogP contribution in [0.3, 0.4) is 0 Å². The highest BCUT2D eigenvalue weighted by molar-refractivity contribution is 6.26. The van der Waals surface area contributed by atoms with Gasteiger partial charge in [0.2, 0.25) is 0 Å². The fourth-order valence-electron chi connectivity index (χ4n) is 2.53. The minimum atomic E-state index is -0.466. The van der Waals surface area contributed by atoms with Gasteiger partial charge in [-0.05, 0) is 6.07 Å². The van der Waals surface area contributed by atoms with Gasteiger partial charge in [-0.2, -0.15) is 0 Å². The molecular weight excluding hydrogens is 242 g/mol. The monoisotopic (exact) mass is 249 g/mol. The number of carbonyl (C=O) groups excluding carboxylic acids is 1. The molecule has 2 heterocycles. The molecule has 0 saturated carbocycles. The summed E-state index contributed by atoms with van der Waals surface area (Å²) in [6, 6.07) is 8.82. The molecule has 0 aliphatic heterocycles. The molecule has 4 nitrogen and oxygen atoms in total. The number of rotatable bonds is 0. The average molecular weight is 249 g/mol. The molecule has 0 amide bonds. The second-order valence-electron chi connectivity index (χ2n) is 4.39. The standard InChI is InChI=1S/C15H7NO3/c17-13-9-3-1-2-4-10(9)14-12(13)8-5-6-16-7-11(8)15(18)19-14/h1-7H. The number of aromatic nitrogens is 1. The number of pyridine rings is 1. The van der Waals surface area contributed by atoms with Crippen LogP contribution in [0, 0.1) is 0 Å². The van der Waals surface area contributed by atoms with E-state index in [1.54, 1.807) is 30.5 Å². The van der Waals surface area contributed by atoms with Crippen LogP contribution in [0.1, 0.15) is 15.9 Å². The Balaban J connectivity index is 2.25. The maximum Gasteiger partial charge on any atom is 0.345 e. The lowest BCUT2D eigenvalue weighted by Gasteiger charge is -2.01. The highest BCUT2D eigenvalue weighted by Gasteiger charge is 2.31. The van der Waals surface area contributed by atoms with Crippen LogP contribution < -0.4 is 5.63 Å². The summed E-state index contributed by atoms with van der Waals surface area (Å²) < 4.78 is 5.31. The second kappa shape index (κ2) is 3.38. The Hall–Kier alpha value is -2.75. The van der Waals surface area contributed by atoms with E-state index in [4.69, 9.17) is 4.42 Å². The van der Waals surface area contributed by atoms with Gasteiger partial charge in [-0.3, -0.25) is 9.78 Å². The van der Waals surface area contributed by atoms with Gasteiger partial charge in [0, 0.05) is 28.9 Å². The van der Waals surface area contributed by atoms with Crippen LogP contribution in [-0.2, 0) is 0 Å². The van der Waals surface area contributed by atoms with E-state index in [1.165, 1.54) is 6.20 Å². The summed E-state index contributed by atoms with van der Waals surface area (Å²) in [6.07, 6.45) is 3.00. The van der Waals surface area contributed by atoms with Crippen molar-refractivity contribution in [2.45, 2.75) is 0 Å². The van der Waals surface area contributed by atoms with Crippen LogP contribution in [0.4, 0.5) is 0 Å². The zero-order valence-corrected chi connectivity index (χ0v) is 9.71. The summed E-state index contributed by atoms with van der Waals surface area (Å²) in [5.74, 6) is 0.259. The predicted molar refractivity (Wildman–Crippen MR) is 69.1 cm³/mol. The van der Waals surface area contributed by atoms with E-state index in [9.17, 15) is 9.59 Å². The van der Waals surface area contributed by atoms with Crippen molar-refractivity contribution < 1.29 is 9.21 Å². The third-order valence-electron chi connectivity index (χ3n) is 3.38. The fourth-order valence-corrected chi connectivity index (χ4v) is 2.53. The third-order valence-corrected chi connectivity index (χ3v) is 3.38. The molecule has 4 heteroatoms. The molecule has 0 fully saturated rings. The molecular formula is C15H7NO3. The minimum Gasteiger partial charge on any atom is -0.421 e. The maximum atomic E-state index is 12.4. The highest BCUT2D eigenvalue weighted by Crippen LogP contribution is 2.38. The normalized spacial score (nSPS) is 12.5. The first kappa shape index (κ1) is 10.2. The van der Waals surface area contributed by atoms with Crippen molar-refractivity contribution in [3.8, 4) is 11.3 Å². The topological polar surface area (TPSA) is 60.2 Å². The lowest BCUT2D eigenvalue weighted by molar-refractivity contribution is 0.104. The number of hydrogen-bond acceptors (Lipinski definition) is 4. The van der Waals surface area contributed by atoms with Crippen molar-refractivity contribution in [2.75, 3.05) is 0 Å². The minimum absolute atomic E-state index is 0.106. The first-order chi connectivity index (χ1) is 9.27. The lowest BCUT2D eigenvalue weighted by atomic mass is 10.1. The van der Waals surface area contributed by atoms with E-state index in [1.807, 2.05) is 6.07 Å². The predicted octanol–water partition coefficient (Wildman–Crippen LogP) is 2.40. The van der Waals surface area contributed by atoms with Crippen LogP contribution >= 0.6 is 0 Å². The Bertz CT molecular complexity index is 909. The number of ketones is 1. The molecule has 1 aromatic carbocycles. The van der Waals surface area contributed by atoms with Crippen molar-refractivity contribution in [3.63, 3.8) is 0 Å². The lowest BCUT2D eigenvalue weighted by Crippen LogP contribution is -2.04. The Morgan fingerprint density at radius 2 is 1.74 bits per heavy atom. The van der Waals surface area contributed by atoms with Crippen LogP contribution in [0.25, 0.3) is 22.1 Å². The second-order valence-corrected chi connectivity index (χ2v) is 4.39. The quantitative estimate of drug-likeness (QED) is 0.480. The molecule has 2 aromatic heterocycles. The number of nitrogens with zero attached hydrogens (tertiary/aromatic N) is 1. The average Bonchev–Trinajstić information content (AvgIpc) is 2.73. The summed E-state index contributed by atoms with van der Waals surface area (Å²) >= 11 is 0. The summed E-state index contributed by atoms with van der Waals surface area (Å²) in [5, 5.41) is 0.935. The molecule has 0 spiro atoms. The Morgan fingerprint density at radius 1 is 0.947 bits per heavy atom. The molecule has 90 valence electrons. The van der Waals surface area contributed by atoms with E-state index >= 15 is 0 Å². The first-order valence-electron chi connectivity index (χ1n) is 5.82. The van der Waals surface area contributed by atoms with Gasteiger partial charge in [0.05, 0.1) is 10.9 Å².